The van der Waals surface area contributed by atoms with E-state index in [0.29, 0.717) is 5.02 Å². The van der Waals surface area contributed by atoms with Crippen molar-refractivity contribution in [3.8, 4) is 0 Å². The fraction of sp³-hybridized carbons (Fsp3) is 0.250. The first kappa shape index (κ1) is 16.5. The summed E-state index contributed by atoms with van der Waals surface area (Å²) in [5, 5.41) is 0.548. The van der Waals surface area contributed by atoms with Gasteiger partial charge in [0.15, 0.2) is 11.6 Å². The van der Waals surface area contributed by atoms with Gasteiger partial charge in [0, 0.05) is 22.2 Å². The Balaban J connectivity index is 2.45. The fourth-order valence-corrected chi connectivity index (χ4v) is 3.23. The van der Waals surface area contributed by atoms with Gasteiger partial charge < -0.3 is 0 Å². The molecular formula is C16H13Cl3F2. The van der Waals surface area contributed by atoms with Crippen LogP contribution in [-0.4, -0.2) is 11.8 Å². The van der Waals surface area contributed by atoms with Crippen LogP contribution in [0.1, 0.15) is 11.1 Å². The molecule has 0 aromatic heterocycles. The van der Waals surface area contributed by atoms with Crippen LogP contribution < -0.4 is 0 Å². The van der Waals surface area contributed by atoms with E-state index in [-0.39, 0.29) is 23.7 Å². The van der Waals surface area contributed by atoms with Crippen LogP contribution in [0.25, 0.3) is 0 Å². The first-order valence-corrected chi connectivity index (χ1v) is 7.78. The number of benzene rings is 2. The molecule has 0 saturated heterocycles. The molecule has 5 heteroatoms. The van der Waals surface area contributed by atoms with Gasteiger partial charge in [-0.15, -0.1) is 23.2 Å². The summed E-state index contributed by atoms with van der Waals surface area (Å²) >= 11 is 18.2. The molecule has 0 unspecified atom stereocenters. The normalized spacial score (nSPS) is 11.7. The maximum absolute atomic E-state index is 13.9. The summed E-state index contributed by atoms with van der Waals surface area (Å²) in [6, 6.07) is 11.2. The predicted octanol–water partition coefficient (Wildman–Crippen LogP) is 5.58. The largest absolute Gasteiger partial charge is 0.204 e. The van der Waals surface area contributed by atoms with E-state index in [1.54, 1.807) is 18.2 Å². The molecule has 0 aliphatic rings. The highest BCUT2D eigenvalue weighted by atomic mass is 35.5. The van der Waals surface area contributed by atoms with Crippen molar-refractivity contribution in [2.45, 2.75) is 11.8 Å². The lowest BCUT2D eigenvalue weighted by molar-refractivity contribution is 0.472. The Hall–Kier alpha value is -0.830. The highest BCUT2D eigenvalue weighted by molar-refractivity contribution is 6.30. The van der Waals surface area contributed by atoms with Crippen molar-refractivity contribution in [3.05, 3.63) is 70.2 Å². The fourth-order valence-electron chi connectivity index (χ4n) is 2.25. The molecule has 0 heterocycles. The molecule has 2 rings (SSSR count). The third kappa shape index (κ3) is 3.50. The van der Waals surface area contributed by atoms with Gasteiger partial charge in [-0.25, -0.2) is 8.78 Å². The number of hydrogen-bond acceptors (Lipinski definition) is 0. The molecule has 2 aromatic rings. The highest BCUT2D eigenvalue weighted by Crippen LogP contribution is 2.34. The third-order valence-electron chi connectivity index (χ3n) is 3.51. The first-order valence-electron chi connectivity index (χ1n) is 6.33. The van der Waals surface area contributed by atoms with E-state index in [0.717, 1.165) is 11.6 Å². The second-order valence-corrected chi connectivity index (χ2v) is 5.92. The predicted molar refractivity (Wildman–Crippen MR) is 84.6 cm³/mol. The second kappa shape index (κ2) is 6.95. The van der Waals surface area contributed by atoms with Gasteiger partial charge >= 0.3 is 0 Å². The molecule has 2 aromatic carbocycles. The summed E-state index contributed by atoms with van der Waals surface area (Å²) in [6.07, 6.45) is 0.198. The lowest BCUT2D eigenvalue weighted by Crippen LogP contribution is -2.33. The Kier molecular flexibility index (Phi) is 5.48. The lowest BCUT2D eigenvalue weighted by Gasteiger charge is -2.30. The zero-order chi connectivity index (χ0) is 15.5. The quantitative estimate of drug-likeness (QED) is 0.618. The van der Waals surface area contributed by atoms with Crippen molar-refractivity contribution < 1.29 is 8.78 Å². The molecule has 0 nitrogen and oxygen atoms in total. The third-order valence-corrected chi connectivity index (χ3v) is 4.77. The molecule has 21 heavy (non-hydrogen) atoms. The van der Waals surface area contributed by atoms with Gasteiger partial charge in [0.1, 0.15) is 0 Å². The minimum atomic E-state index is -0.878. The molecule has 0 aliphatic heterocycles. The standard InChI is InChI=1S/C16H13Cl3F2/c17-9-16(10-18,12-4-2-5-13(19)7-12)8-11-3-1-6-14(20)15(11)21/h1-7H,8-10H2. The molecule has 0 fully saturated rings. The molecular weight excluding hydrogens is 337 g/mol. The van der Waals surface area contributed by atoms with E-state index in [1.807, 2.05) is 6.07 Å². The Morgan fingerprint density at radius 3 is 2.24 bits per heavy atom. The summed E-state index contributed by atoms with van der Waals surface area (Å²) in [6.45, 7) is 0. The number of halogens is 5. The second-order valence-electron chi connectivity index (χ2n) is 4.95. The van der Waals surface area contributed by atoms with E-state index in [2.05, 4.69) is 0 Å². The molecule has 0 atom stereocenters. The minimum absolute atomic E-state index is 0.173. The van der Waals surface area contributed by atoms with Crippen LogP contribution >= 0.6 is 34.8 Å². The zero-order valence-electron chi connectivity index (χ0n) is 11.1. The summed E-state index contributed by atoms with van der Waals surface area (Å²) in [5.41, 5.74) is 0.350. The van der Waals surface area contributed by atoms with Crippen LogP contribution in [-0.2, 0) is 11.8 Å². The first-order chi connectivity index (χ1) is 10.0. The summed E-state index contributed by atoms with van der Waals surface area (Å²) in [4.78, 5) is 0. The van der Waals surface area contributed by atoms with Crippen LogP contribution in [0.4, 0.5) is 8.78 Å². The minimum Gasteiger partial charge on any atom is -0.204 e. The van der Waals surface area contributed by atoms with Crippen molar-refractivity contribution in [3.63, 3.8) is 0 Å². The SMILES string of the molecule is Fc1cccc(CC(CCl)(CCl)c2cccc(Cl)c2)c1F. The van der Waals surface area contributed by atoms with Crippen molar-refractivity contribution >= 4 is 34.8 Å². The van der Waals surface area contributed by atoms with E-state index >= 15 is 0 Å². The van der Waals surface area contributed by atoms with Crippen molar-refractivity contribution in [2.75, 3.05) is 11.8 Å². The highest BCUT2D eigenvalue weighted by Gasteiger charge is 2.32. The monoisotopic (exact) mass is 348 g/mol. The van der Waals surface area contributed by atoms with Crippen molar-refractivity contribution in [2.24, 2.45) is 0 Å². The molecule has 0 amide bonds. The van der Waals surface area contributed by atoms with E-state index in [4.69, 9.17) is 34.8 Å². The van der Waals surface area contributed by atoms with Gasteiger partial charge in [0.25, 0.3) is 0 Å². The summed E-state index contributed by atoms with van der Waals surface area (Å²) < 4.78 is 27.3. The molecule has 112 valence electrons. The van der Waals surface area contributed by atoms with Crippen LogP contribution in [0.2, 0.25) is 5.02 Å². The maximum atomic E-state index is 13.9. The lowest BCUT2D eigenvalue weighted by atomic mass is 9.78. The van der Waals surface area contributed by atoms with E-state index in [1.165, 1.54) is 12.1 Å². The average Bonchev–Trinajstić information content (AvgIpc) is 2.49. The molecule has 0 bridgehead atoms. The van der Waals surface area contributed by atoms with Gasteiger partial charge in [-0.1, -0.05) is 35.9 Å². The Bertz CT molecular complexity index is 625. The Morgan fingerprint density at radius 1 is 0.952 bits per heavy atom. The summed E-state index contributed by atoms with van der Waals surface area (Å²) in [5.74, 6) is -1.39. The molecule has 0 saturated carbocycles. The van der Waals surface area contributed by atoms with E-state index in [9.17, 15) is 8.78 Å². The average molecular weight is 350 g/mol. The van der Waals surface area contributed by atoms with E-state index < -0.39 is 17.0 Å². The zero-order valence-corrected chi connectivity index (χ0v) is 13.3. The summed E-state index contributed by atoms with van der Waals surface area (Å²) in [7, 11) is 0. The molecule has 0 aliphatic carbocycles. The smallest absolute Gasteiger partial charge is 0.162 e. The van der Waals surface area contributed by atoms with Crippen LogP contribution in [0.15, 0.2) is 42.5 Å². The van der Waals surface area contributed by atoms with Crippen LogP contribution in [0.5, 0.6) is 0 Å². The number of hydrogen-bond donors (Lipinski definition) is 0. The van der Waals surface area contributed by atoms with Crippen LogP contribution in [0.3, 0.4) is 0 Å². The number of alkyl halides is 2. The van der Waals surface area contributed by atoms with Gasteiger partial charge in [-0.3, -0.25) is 0 Å². The number of rotatable bonds is 5. The van der Waals surface area contributed by atoms with Gasteiger partial charge in [0.05, 0.1) is 0 Å². The van der Waals surface area contributed by atoms with Gasteiger partial charge in [-0.2, -0.15) is 0 Å². The maximum Gasteiger partial charge on any atom is 0.162 e. The topological polar surface area (TPSA) is 0 Å². The van der Waals surface area contributed by atoms with Gasteiger partial charge in [-0.05, 0) is 35.7 Å². The van der Waals surface area contributed by atoms with Crippen LogP contribution in [0, 0.1) is 11.6 Å². The van der Waals surface area contributed by atoms with Gasteiger partial charge in [0.2, 0.25) is 0 Å². The Morgan fingerprint density at radius 2 is 1.62 bits per heavy atom. The van der Waals surface area contributed by atoms with Crippen molar-refractivity contribution in [1.82, 2.24) is 0 Å². The molecule has 0 N–H and O–H groups in total. The Labute approximate surface area is 137 Å². The molecule has 0 radical (unpaired) electrons. The van der Waals surface area contributed by atoms with Crippen molar-refractivity contribution in [1.29, 1.82) is 0 Å². The molecule has 0 spiro atoms.